The molecule has 3 aromatic rings. The average Bonchev–Trinajstić information content (AvgIpc) is 3.35. The lowest BCUT2D eigenvalue weighted by molar-refractivity contribution is 0.459. The average molecular weight is 415 g/mol. The van der Waals surface area contributed by atoms with Crippen LogP contribution in [0.25, 0.3) is 0 Å². The predicted octanol–water partition coefficient (Wildman–Crippen LogP) is 3.08. The molecule has 1 N–H and O–H groups in total. The van der Waals surface area contributed by atoms with Gasteiger partial charge < -0.3 is 9.88 Å². The number of benzene rings is 2. The zero-order chi connectivity index (χ0) is 20.4. The molecule has 6 nitrogen and oxygen atoms in total. The molecule has 0 spiro atoms. The molecule has 1 aliphatic heterocycles. The molecule has 8 heteroatoms. The fraction of sp³-hybridized carbons (Fsp3) is 0.286. The van der Waals surface area contributed by atoms with E-state index < -0.39 is 10.0 Å². The number of para-hydroxylation sites is 1. The molecular formula is C21H23FN4O2S. The monoisotopic (exact) mass is 414 g/mol. The van der Waals surface area contributed by atoms with Crippen LogP contribution in [-0.4, -0.2) is 41.9 Å². The minimum atomic E-state index is -3.68. The molecule has 2 heterocycles. The van der Waals surface area contributed by atoms with Crippen LogP contribution in [0, 0.1) is 11.7 Å². The Morgan fingerprint density at radius 2 is 1.83 bits per heavy atom. The second-order valence-electron chi connectivity index (χ2n) is 7.36. The maximum absolute atomic E-state index is 13.4. The van der Waals surface area contributed by atoms with Gasteiger partial charge in [0.25, 0.3) is 10.0 Å². The molecule has 2 unspecified atom stereocenters. The van der Waals surface area contributed by atoms with Crippen molar-refractivity contribution in [1.82, 2.24) is 13.9 Å². The first-order valence-electron chi connectivity index (χ1n) is 9.46. The van der Waals surface area contributed by atoms with E-state index >= 15 is 0 Å². The molecule has 2 aromatic carbocycles. The van der Waals surface area contributed by atoms with E-state index in [1.54, 1.807) is 23.7 Å². The Balaban J connectivity index is 1.59. The van der Waals surface area contributed by atoms with Gasteiger partial charge in [0.05, 0.1) is 6.33 Å². The van der Waals surface area contributed by atoms with Crippen molar-refractivity contribution < 1.29 is 12.8 Å². The summed E-state index contributed by atoms with van der Waals surface area (Å²) in [6.45, 7) is 1.33. The Morgan fingerprint density at radius 1 is 1.10 bits per heavy atom. The Kier molecular flexibility index (Phi) is 5.38. The maximum Gasteiger partial charge on any atom is 0.262 e. The maximum atomic E-state index is 13.4. The smallest absolute Gasteiger partial charge is 0.262 e. The summed E-state index contributed by atoms with van der Waals surface area (Å²) < 4.78 is 42.6. The number of nitrogens with zero attached hydrogens (tertiary/aromatic N) is 3. The Bertz CT molecular complexity index is 1070. The first-order valence-corrected chi connectivity index (χ1v) is 10.9. The van der Waals surface area contributed by atoms with E-state index in [0.29, 0.717) is 19.6 Å². The molecule has 1 aromatic heterocycles. The van der Waals surface area contributed by atoms with Crippen molar-refractivity contribution in [3.8, 4) is 0 Å². The number of halogens is 1. The van der Waals surface area contributed by atoms with E-state index in [0.717, 1.165) is 11.3 Å². The third-order valence-electron chi connectivity index (χ3n) is 5.33. The summed E-state index contributed by atoms with van der Waals surface area (Å²) in [7, 11) is -1.94. The summed E-state index contributed by atoms with van der Waals surface area (Å²) in [6, 6.07) is 16.1. The van der Waals surface area contributed by atoms with Gasteiger partial charge >= 0.3 is 0 Å². The van der Waals surface area contributed by atoms with Gasteiger partial charge in [-0.05, 0) is 35.7 Å². The zero-order valence-corrected chi connectivity index (χ0v) is 16.9. The van der Waals surface area contributed by atoms with Crippen LogP contribution < -0.4 is 5.32 Å². The van der Waals surface area contributed by atoms with Crippen molar-refractivity contribution in [3.05, 3.63) is 78.5 Å². The number of hydrogen-bond donors (Lipinski definition) is 1. The van der Waals surface area contributed by atoms with E-state index in [9.17, 15) is 12.8 Å². The summed E-state index contributed by atoms with van der Waals surface area (Å²) in [5.74, 6) is -0.298. The van der Waals surface area contributed by atoms with Gasteiger partial charge in [0.1, 0.15) is 5.82 Å². The molecule has 0 saturated carbocycles. The highest BCUT2D eigenvalue weighted by Gasteiger charge is 2.40. The van der Waals surface area contributed by atoms with Crippen molar-refractivity contribution >= 4 is 15.7 Å². The second kappa shape index (κ2) is 7.96. The Morgan fingerprint density at radius 3 is 2.48 bits per heavy atom. The highest BCUT2D eigenvalue weighted by molar-refractivity contribution is 7.89. The van der Waals surface area contributed by atoms with Crippen molar-refractivity contribution in [2.75, 3.05) is 25.0 Å². The zero-order valence-electron chi connectivity index (χ0n) is 16.1. The lowest BCUT2D eigenvalue weighted by Gasteiger charge is -2.19. The fourth-order valence-corrected chi connectivity index (χ4v) is 5.27. The van der Waals surface area contributed by atoms with Crippen molar-refractivity contribution in [2.45, 2.75) is 10.9 Å². The minimum Gasteiger partial charge on any atom is -0.385 e. The lowest BCUT2D eigenvalue weighted by Crippen LogP contribution is -2.30. The van der Waals surface area contributed by atoms with Crippen molar-refractivity contribution in [1.29, 1.82) is 0 Å². The molecule has 2 atom stereocenters. The van der Waals surface area contributed by atoms with Gasteiger partial charge in [-0.1, -0.05) is 30.3 Å². The fourth-order valence-electron chi connectivity index (χ4n) is 3.78. The van der Waals surface area contributed by atoms with Crippen LogP contribution in [0.5, 0.6) is 0 Å². The summed E-state index contributed by atoms with van der Waals surface area (Å²) >= 11 is 0. The SMILES string of the molecule is Cn1cnc(S(=O)(=O)N2CC(CNc3ccccc3)C(c3ccc(F)cc3)C2)c1. The molecule has 1 saturated heterocycles. The number of hydrogen-bond acceptors (Lipinski definition) is 4. The number of nitrogens with one attached hydrogen (secondary N) is 1. The molecule has 0 amide bonds. The first kappa shape index (κ1) is 19.6. The summed E-state index contributed by atoms with van der Waals surface area (Å²) in [5, 5.41) is 3.45. The highest BCUT2D eigenvalue weighted by atomic mass is 32.2. The van der Waals surface area contributed by atoms with E-state index in [2.05, 4.69) is 10.3 Å². The standard InChI is InChI=1S/C21H23FN4O2S/c1-25-14-21(24-15-25)29(27,28)26-12-17(11-23-19-5-3-2-4-6-19)20(13-26)16-7-9-18(22)10-8-16/h2-10,14-15,17,20,23H,11-13H2,1H3. The van der Waals surface area contributed by atoms with Gasteiger partial charge in [0.2, 0.25) is 0 Å². The van der Waals surface area contributed by atoms with Crippen LogP contribution in [0.3, 0.4) is 0 Å². The Labute approximate surface area is 170 Å². The molecular weight excluding hydrogens is 391 g/mol. The largest absolute Gasteiger partial charge is 0.385 e. The number of rotatable bonds is 6. The third kappa shape index (κ3) is 4.18. The number of imidazole rings is 1. The van der Waals surface area contributed by atoms with Gasteiger partial charge in [-0.15, -0.1) is 0 Å². The Hall–Kier alpha value is -2.71. The number of aryl methyl sites for hydroxylation is 1. The van der Waals surface area contributed by atoms with Gasteiger partial charge in [0.15, 0.2) is 5.03 Å². The van der Waals surface area contributed by atoms with Crippen LogP contribution in [-0.2, 0) is 17.1 Å². The first-order chi connectivity index (χ1) is 13.9. The van der Waals surface area contributed by atoms with Gasteiger partial charge in [-0.3, -0.25) is 0 Å². The molecule has 1 aliphatic rings. The molecule has 29 heavy (non-hydrogen) atoms. The summed E-state index contributed by atoms with van der Waals surface area (Å²) in [5.41, 5.74) is 1.92. The quantitative estimate of drug-likeness (QED) is 0.673. The normalized spacial score (nSPS) is 20.1. The van der Waals surface area contributed by atoms with Crippen LogP contribution in [0.1, 0.15) is 11.5 Å². The topological polar surface area (TPSA) is 67.2 Å². The van der Waals surface area contributed by atoms with E-state index in [4.69, 9.17) is 0 Å². The number of anilines is 1. The summed E-state index contributed by atoms with van der Waals surface area (Å²) in [4.78, 5) is 4.03. The molecule has 1 fully saturated rings. The molecule has 152 valence electrons. The van der Waals surface area contributed by atoms with Crippen LogP contribution in [0.15, 0.2) is 72.1 Å². The summed E-state index contributed by atoms with van der Waals surface area (Å²) in [6.07, 6.45) is 2.99. The molecule has 0 aliphatic carbocycles. The number of aromatic nitrogens is 2. The van der Waals surface area contributed by atoms with Crippen LogP contribution >= 0.6 is 0 Å². The van der Waals surface area contributed by atoms with Gasteiger partial charge in [0, 0.05) is 44.5 Å². The molecule has 0 bridgehead atoms. The highest BCUT2D eigenvalue weighted by Crippen LogP contribution is 2.35. The minimum absolute atomic E-state index is 0.0368. The lowest BCUT2D eigenvalue weighted by atomic mass is 9.89. The van der Waals surface area contributed by atoms with Crippen molar-refractivity contribution in [2.24, 2.45) is 13.0 Å². The second-order valence-corrected chi connectivity index (χ2v) is 9.25. The molecule has 0 radical (unpaired) electrons. The van der Waals surface area contributed by atoms with Crippen LogP contribution in [0.2, 0.25) is 0 Å². The van der Waals surface area contributed by atoms with E-state index in [1.165, 1.54) is 29.0 Å². The molecule has 4 rings (SSSR count). The van der Waals surface area contributed by atoms with Crippen LogP contribution in [0.4, 0.5) is 10.1 Å². The third-order valence-corrected chi connectivity index (χ3v) is 7.05. The van der Waals surface area contributed by atoms with E-state index in [-0.39, 0.29) is 22.7 Å². The van der Waals surface area contributed by atoms with E-state index in [1.807, 2.05) is 30.3 Å². The number of sulfonamides is 1. The van der Waals surface area contributed by atoms with Crippen molar-refractivity contribution in [3.63, 3.8) is 0 Å². The van der Waals surface area contributed by atoms with Gasteiger partial charge in [-0.2, -0.15) is 4.31 Å². The van der Waals surface area contributed by atoms with Gasteiger partial charge in [-0.25, -0.2) is 17.8 Å². The predicted molar refractivity (Wildman–Crippen MR) is 110 cm³/mol.